The minimum atomic E-state index is -0.266. The molecule has 0 aliphatic carbocycles. The maximum absolute atomic E-state index is 12.1. The molecule has 1 aliphatic heterocycles. The van der Waals surface area contributed by atoms with Gasteiger partial charge in [-0.1, -0.05) is 11.6 Å². The molecule has 0 atom stereocenters. The number of pyridine rings is 2. The summed E-state index contributed by atoms with van der Waals surface area (Å²) in [5.74, 6) is 0.686. The van der Waals surface area contributed by atoms with E-state index in [-0.39, 0.29) is 5.91 Å². The van der Waals surface area contributed by atoms with Crippen LogP contribution in [0.4, 0.5) is 11.5 Å². The monoisotopic (exact) mass is 302 g/mol. The van der Waals surface area contributed by atoms with Crippen molar-refractivity contribution in [3.63, 3.8) is 0 Å². The predicted octanol–water partition coefficient (Wildman–Crippen LogP) is 2.98. The van der Waals surface area contributed by atoms with Crippen molar-refractivity contribution in [2.45, 2.75) is 12.8 Å². The van der Waals surface area contributed by atoms with Crippen LogP contribution in [0.15, 0.2) is 36.8 Å². The number of amides is 1. The fraction of sp³-hybridized carbons (Fsp3) is 0.267. The van der Waals surface area contributed by atoms with Crippen LogP contribution in [0.5, 0.6) is 0 Å². The van der Waals surface area contributed by atoms with Crippen LogP contribution in [-0.4, -0.2) is 29.0 Å². The van der Waals surface area contributed by atoms with Gasteiger partial charge in [0.2, 0.25) is 0 Å². The highest BCUT2D eigenvalue weighted by molar-refractivity contribution is 6.34. The molecule has 108 valence electrons. The molecule has 1 N–H and O–H groups in total. The van der Waals surface area contributed by atoms with Gasteiger partial charge in [-0.3, -0.25) is 9.78 Å². The third-order valence-corrected chi connectivity index (χ3v) is 3.75. The number of anilines is 2. The van der Waals surface area contributed by atoms with Gasteiger partial charge < -0.3 is 10.2 Å². The summed E-state index contributed by atoms with van der Waals surface area (Å²) in [5.41, 5.74) is 1.05. The second-order valence-corrected chi connectivity index (χ2v) is 5.32. The summed E-state index contributed by atoms with van der Waals surface area (Å²) in [4.78, 5) is 22.6. The lowest BCUT2D eigenvalue weighted by Gasteiger charge is -2.16. The maximum atomic E-state index is 12.1. The number of rotatable bonds is 3. The van der Waals surface area contributed by atoms with Gasteiger partial charge in [0.15, 0.2) is 0 Å². The number of hydrogen-bond acceptors (Lipinski definition) is 4. The van der Waals surface area contributed by atoms with E-state index in [1.165, 1.54) is 25.2 Å². The van der Waals surface area contributed by atoms with Crippen LogP contribution in [-0.2, 0) is 0 Å². The molecule has 2 aromatic rings. The topological polar surface area (TPSA) is 58.1 Å². The molecule has 3 rings (SSSR count). The van der Waals surface area contributed by atoms with Gasteiger partial charge in [0, 0.05) is 25.5 Å². The van der Waals surface area contributed by atoms with Gasteiger partial charge >= 0.3 is 0 Å². The first-order chi connectivity index (χ1) is 10.2. The average molecular weight is 303 g/mol. The summed E-state index contributed by atoms with van der Waals surface area (Å²) < 4.78 is 0. The Hall–Kier alpha value is -2.14. The molecule has 3 heterocycles. The molecule has 0 spiro atoms. The fourth-order valence-corrected chi connectivity index (χ4v) is 2.56. The van der Waals surface area contributed by atoms with Crippen molar-refractivity contribution in [1.82, 2.24) is 9.97 Å². The Labute approximate surface area is 128 Å². The average Bonchev–Trinajstić information content (AvgIpc) is 3.02. The molecule has 21 heavy (non-hydrogen) atoms. The third-order valence-electron chi connectivity index (χ3n) is 3.45. The number of halogens is 1. The zero-order chi connectivity index (χ0) is 14.7. The van der Waals surface area contributed by atoms with Crippen LogP contribution < -0.4 is 10.2 Å². The fourth-order valence-electron chi connectivity index (χ4n) is 2.35. The van der Waals surface area contributed by atoms with Crippen molar-refractivity contribution in [2.24, 2.45) is 0 Å². The lowest BCUT2D eigenvalue weighted by atomic mass is 10.2. The third kappa shape index (κ3) is 3.13. The van der Waals surface area contributed by atoms with E-state index in [0.29, 0.717) is 16.3 Å². The number of carbonyl (C=O) groups is 1. The van der Waals surface area contributed by atoms with E-state index >= 15 is 0 Å². The quantitative estimate of drug-likeness (QED) is 0.947. The molecule has 1 amide bonds. The summed E-state index contributed by atoms with van der Waals surface area (Å²) in [7, 11) is 0. The summed E-state index contributed by atoms with van der Waals surface area (Å²) >= 11 is 5.95. The Morgan fingerprint density at radius 3 is 2.67 bits per heavy atom. The Bertz CT molecular complexity index is 638. The second-order valence-electron chi connectivity index (χ2n) is 4.91. The van der Waals surface area contributed by atoms with E-state index in [4.69, 9.17) is 11.6 Å². The number of hydrogen-bond donors (Lipinski definition) is 1. The Morgan fingerprint density at radius 2 is 2.00 bits per heavy atom. The Balaban J connectivity index is 1.70. The van der Waals surface area contributed by atoms with Crippen molar-refractivity contribution < 1.29 is 4.79 Å². The minimum Gasteiger partial charge on any atom is -0.357 e. The molecule has 6 heteroatoms. The van der Waals surface area contributed by atoms with Crippen LogP contribution in [0.3, 0.4) is 0 Å². The molecule has 1 aliphatic rings. The van der Waals surface area contributed by atoms with Gasteiger partial charge in [0.1, 0.15) is 5.82 Å². The summed E-state index contributed by atoms with van der Waals surface area (Å²) in [5, 5.41) is 3.11. The van der Waals surface area contributed by atoms with Gasteiger partial charge in [-0.25, -0.2) is 4.98 Å². The standard InChI is InChI=1S/C15H15ClN4O/c16-13-10-17-6-5-12(13)15(21)19-11-3-4-14(18-9-11)20-7-1-2-8-20/h3-6,9-10H,1-2,7-8H2,(H,19,21). The smallest absolute Gasteiger partial charge is 0.257 e. The summed E-state index contributed by atoms with van der Waals surface area (Å²) in [6.07, 6.45) is 7.07. The van der Waals surface area contributed by atoms with E-state index in [1.807, 2.05) is 12.1 Å². The van der Waals surface area contributed by atoms with Crippen molar-refractivity contribution >= 4 is 29.0 Å². The second kappa shape index (κ2) is 6.10. The molecular weight excluding hydrogens is 288 g/mol. The molecule has 0 aromatic carbocycles. The maximum Gasteiger partial charge on any atom is 0.257 e. The number of nitrogens with zero attached hydrogens (tertiary/aromatic N) is 3. The Morgan fingerprint density at radius 1 is 1.19 bits per heavy atom. The summed E-state index contributed by atoms with van der Waals surface area (Å²) in [6, 6.07) is 5.37. The molecular formula is C15H15ClN4O. The normalized spacial score (nSPS) is 14.2. The van der Waals surface area contributed by atoms with E-state index in [2.05, 4.69) is 20.2 Å². The number of nitrogens with one attached hydrogen (secondary N) is 1. The Kier molecular flexibility index (Phi) is 4.01. The van der Waals surface area contributed by atoms with Gasteiger partial charge in [0.05, 0.1) is 22.5 Å². The molecule has 0 saturated carbocycles. The van der Waals surface area contributed by atoms with Crippen molar-refractivity contribution in [2.75, 3.05) is 23.3 Å². The van der Waals surface area contributed by atoms with E-state index in [1.54, 1.807) is 12.3 Å². The highest BCUT2D eigenvalue weighted by atomic mass is 35.5. The minimum absolute atomic E-state index is 0.266. The lowest BCUT2D eigenvalue weighted by molar-refractivity contribution is 0.102. The van der Waals surface area contributed by atoms with E-state index in [9.17, 15) is 4.79 Å². The van der Waals surface area contributed by atoms with E-state index in [0.717, 1.165) is 18.9 Å². The van der Waals surface area contributed by atoms with E-state index < -0.39 is 0 Å². The zero-order valence-electron chi connectivity index (χ0n) is 11.4. The molecule has 0 bridgehead atoms. The molecule has 1 fully saturated rings. The molecule has 0 radical (unpaired) electrons. The molecule has 5 nitrogen and oxygen atoms in total. The van der Waals surface area contributed by atoms with Crippen LogP contribution in [0.2, 0.25) is 5.02 Å². The van der Waals surface area contributed by atoms with Gasteiger partial charge in [-0.2, -0.15) is 0 Å². The van der Waals surface area contributed by atoms with Crippen LogP contribution in [0, 0.1) is 0 Å². The van der Waals surface area contributed by atoms with Crippen LogP contribution in [0.25, 0.3) is 0 Å². The molecule has 0 unspecified atom stereocenters. The highest BCUT2D eigenvalue weighted by Crippen LogP contribution is 2.20. The first-order valence-corrected chi connectivity index (χ1v) is 7.24. The summed E-state index contributed by atoms with van der Waals surface area (Å²) in [6.45, 7) is 2.09. The predicted molar refractivity (Wildman–Crippen MR) is 82.9 cm³/mol. The SMILES string of the molecule is O=C(Nc1ccc(N2CCCC2)nc1)c1ccncc1Cl. The van der Waals surface area contributed by atoms with Crippen molar-refractivity contribution in [3.8, 4) is 0 Å². The number of aromatic nitrogens is 2. The van der Waals surface area contributed by atoms with Crippen LogP contribution in [0.1, 0.15) is 23.2 Å². The molecule has 1 saturated heterocycles. The highest BCUT2D eigenvalue weighted by Gasteiger charge is 2.14. The van der Waals surface area contributed by atoms with Gasteiger partial charge in [-0.05, 0) is 31.0 Å². The van der Waals surface area contributed by atoms with Crippen molar-refractivity contribution in [3.05, 3.63) is 47.4 Å². The first kappa shape index (κ1) is 13.8. The number of carbonyl (C=O) groups excluding carboxylic acids is 1. The lowest BCUT2D eigenvalue weighted by Crippen LogP contribution is -2.19. The molecule has 2 aromatic heterocycles. The van der Waals surface area contributed by atoms with Crippen LogP contribution >= 0.6 is 11.6 Å². The first-order valence-electron chi connectivity index (χ1n) is 6.86. The largest absolute Gasteiger partial charge is 0.357 e. The van der Waals surface area contributed by atoms with Gasteiger partial charge in [0.25, 0.3) is 5.91 Å². The zero-order valence-corrected chi connectivity index (χ0v) is 12.2. The van der Waals surface area contributed by atoms with Crippen molar-refractivity contribution in [1.29, 1.82) is 0 Å². The van der Waals surface area contributed by atoms with Gasteiger partial charge in [-0.15, -0.1) is 0 Å².